The lowest BCUT2D eigenvalue weighted by Gasteiger charge is -2.29. The number of carbonyl (C=O) groups is 2. The summed E-state index contributed by atoms with van der Waals surface area (Å²) in [4.78, 5) is 25.4. The Bertz CT molecular complexity index is 635. The zero-order valence-corrected chi connectivity index (χ0v) is 31.0. The summed E-state index contributed by atoms with van der Waals surface area (Å²) < 4.78 is 1.02. The minimum atomic E-state index is 0.154. The van der Waals surface area contributed by atoms with Gasteiger partial charge in [-0.15, -0.1) is 0 Å². The second kappa shape index (κ2) is 31.5. The van der Waals surface area contributed by atoms with Gasteiger partial charge in [-0.3, -0.25) is 9.59 Å². The van der Waals surface area contributed by atoms with Crippen LogP contribution in [0.4, 0.5) is 0 Å². The Morgan fingerprint density at radius 3 is 1.35 bits per heavy atom. The van der Waals surface area contributed by atoms with Gasteiger partial charge in [-0.2, -0.15) is 0 Å². The zero-order valence-electron chi connectivity index (χ0n) is 29.4. The zero-order chi connectivity index (χ0) is 31.9. The highest BCUT2D eigenvalue weighted by atomic mass is 33.1. The number of nitrogens with one attached hydrogen (secondary N) is 3. The van der Waals surface area contributed by atoms with E-state index in [2.05, 4.69) is 45.7 Å². The van der Waals surface area contributed by atoms with Crippen LogP contribution < -0.4 is 15.5 Å². The molecule has 8 heteroatoms. The fourth-order valence-corrected chi connectivity index (χ4v) is 7.22. The van der Waals surface area contributed by atoms with E-state index in [9.17, 15) is 9.59 Å². The third kappa shape index (κ3) is 34.3. The molecule has 0 aromatic carbocycles. The molecule has 0 saturated heterocycles. The Morgan fingerprint density at radius 2 is 0.930 bits per heavy atom. The smallest absolute Gasteiger partial charge is 0.220 e. The van der Waals surface area contributed by atoms with E-state index in [4.69, 9.17) is 0 Å². The lowest BCUT2D eigenvalue weighted by molar-refractivity contribution is -0.890. The number of hydrogen-bond donors (Lipinski definition) is 3. The summed E-state index contributed by atoms with van der Waals surface area (Å²) in [5.74, 6) is 2.13. The van der Waals surface area contributed by atoms with Gasteiger partial charge in [0.25, 0.3) is 0 Å². The van der Waals surface area contributed by atoms with Gasteiger partial charge in [0.05, 0.1) is 47.8 Å². The van der Waals surface area contributed by atoms with Crippen LogP contribution in [0.2, 0.25) is 0 Å². The van der Waals surface area contributed by atoms with Crippen LogP contribution in [0.1, 0.15) is 142 Å². The number of unbranched alkanes of at least 4 members (excludes halogenated alkanes) is 16. The molecular formula is C35H74N4O2S2+2. The van der Waals surface area contributed by atoms with Crippen molar-refractivity contribution in [3.8, 4) is 0 Å². The largest absolute Gasteiger partial charge is 0.355 e. The summed E-state index contributed by atoms with van der Waals surface area (Å²) in [5, 5.41) is 6.05. The third-order valence-electron chi connectivity index (χ3n) is 8.21. The Hall–Kier alpha value is -0.440. The molecule has 3 N–H and O–H groups in total. The normalized spacial score (nSPS) is 11.8. The monoisotopic (exact) mass is 647 g/mol. The summed E-state index contributed by atoms with van der Waals surface area (Å²) in [6, 6.07) is 0. The molecule has 256 valence electrons. The molecule has 0 radical (unpaired) electrons. The lowest BCUT2D eigenvalue weighted by Crippen LogP contribution is -3.05. The summed E-state index contributed by atoms with van der Waals surface area (Å²) in [6.45, 7) is 7.03. The average Bonchev–Trinajstić information content (AvgIpc) is 2.95. The number of rotatable bonds is 33. The number of amides is 2. The van der Waals surface area contributed by atoms with Crippen molar-refractivity contribution < 1.29 is 19.0 Å². The molecular weight excluding hydrogens is 573 g/mol. The van der Waals surface area contributed by atoms with E-state index < -0.39 is 0 Å². The molecule has 0 aromatic heterocycles. The van der Waals surface area contributed by atoms with Crippen molar-refractivity contribution in [1.29, 1.82) is 0 Å². The Labute approximate surface area is 276 Å². The molecule has 0 atom stereocenters. The molecule has 0 aliphatic rings. The molecule has 6 nitrogen and oxygen atoms in total. The highest BCUT2D eigenvalue weighted by molar-refractivity contribution is 8.76. The van der Waals surface area contributed by atoms with Crippen LogP contribution >= 0.6 is 21.6 Å². The second-order valence-corrected chi connectivity index (χ2v) is 16.2. The molecule has 0 saturated carbocycles. The topological polar surface area (TPSA) is 62.6 Å². The van der Waals surface area contributed by atoms with E-state index in [1.165, 1.54) is 121 Å². The predicted molar refractivity (Wildman–Crippen MR) is 193 cm³/mol. The number of carbonyl (C=O) groups excluding carboxylic acids is 2. The molecule has 2 amide bonds. The first kappa shape index (κ1) is 42.6. The summed E-state index contributed by atoms with van der Waals surface area (Å²) >= 11 is 0. The molecule has 0 rings (SSSR count). The number of nitrogens with zero attached hydrogens (tertiary/aromatic N) is 1. The number of hydrogen-bond acceptors (Lipinski definition) is 4. The van der Waals surface area contributed by atoms with Gasteiger partial charge < -0.3 is 20.0 Å². The molecule has 0 bridgehead atoms. The van der Waals surface area contributed by atoms with E-state index in [-0.39, 0.29) is 11.8 Å². The van der Waals surface area contributed by atoms with Crippen molar-refractivity contribution in [1.82, 2.24) is 10.6 Å². The van der Waals surface area contributed by atoms with Crippen molar-refractivity contribution in [2.75, 3.05) is 72.4 Å². The molecule has 0 aliphatic carbocycles. The van der Waals surface area contributed by atoms with Gasteiger partial charge in [-0.1, -0.05) is 125 Å². The molecule has 0 spiro atoms. The van der Waals surface area contributed by atoms with Crippen LogP contribution in [0.5, 0.6) is 0 Å². The van der Waals surface area contributed by atoms with Crippen molar-refractivity contribution in [3.05, 3.63) is 0 Å². The quantitative estimate of drug-likeness (QED) is 0.0407. The molecule has 0 fully saturated rings. The molecule has 0 aromatic rings. The maximum absolute atomic E-state index is 12.2. The van der Waals surface area contributed by atoms with Crippen molar-refractivity contribution in [2.24, 2.45) is 0 Å². The van der Waals surface area contributed by atoms with Crippen LogP contribution in [-0.2, 0) is 9.59 Å². The predicted octanol–water partition coefficient (Wildman–Crippen LogP) is 7.03. The summed E-state index contributed by atoms with van der Waals surface area (Å²) in [6.07, 6.45) is 27.2. The van der Waals surface area contributed by atoms with Crippen LogP contribution in [-0.4, -0.2) is 88.7 Å². The van der Waals surface area contributed by atoms with E-state index >= 15 is 0 Å². The van der Waals surface area contributed by atoms with Gasteiger partial charge in [0.2, 0.25) is 11.8 Å². The maximum Gasteiger partial charge on any atom is 0.220 e. The summed E-state index contributed by atoms with van der Waals surface area (Å²) in [5.41, 5.74) is 0. The highest BCUT2D eigenvalue weighted by Crippen LogP contribution is 2.19. The van der Waals surface area contributed by atoms with E-state index in [0.29, 0.717) is 25.9 Å². The van der Waals surface area contributed by atoms with Gasteiger partial charge in [0.1, 0.15) is 0 Å². The lowest BCUT2D eigenvalue weighted by atomic mass is 10.0. The van der Waals surface area contributed by atoms with Crippen molar-refractivity contribution >= 4 is 33.4 Å². The van der Waals surface area contributed by atoms with Gasteiger partial charge in [-0.25, -0.2) is 0 Å². The van der Waals surface area contributed by atoms with Gasteiger partial charge in [-0.05, 0) is 12.8 Å². The average molecular weight is 647 g/mol. The maximum atomic E-state index is 12.2. The van der Waals surface area contributed by atoms with Crippen molar-refractivity contribution in [3.63, 3.8) is 0 Å². The van der Waals surface area contributed by atoms with Gasteiger partial charge in [0.15, 0.2) is 0 Å². The second-order valence-electron chi connectivity index (χ2n) is 13.5. The first-order valence-electron chi connectivity index (χ1n) is 18.2. The fraction of sp³-hybridized carbons (Fsp3) is 0.943. The van der Waals surface area contributed by atoms with E-state index in [1.807, 2.05) is 0 Å². The molecule has 43 heavy (non-hydrogen) atoms. The van der Waals surface area contributed by atoms with Crippen molar-refractivity contribution in [2.45, 2.75) is 142 Å². The molecule has 0 unspecified atom stereocenters. The minimum absolute atomic E-state index is 0.154. The van der Waals surface area contributed by atoms with Gasteiger partial charge in [0, 0.05) is 50.3 Å². The van der Waals surface area contributed by atoms with E-state index in [0.717, 1.165) is 41.9 Å². The highest BCUT2D eigenvalue weighted by Gasteiger charge is 2.15. The first-order valence-corrected chi connectivity index (χ1v) is 20.6. The Morgan fingerprint density at radius 1 is 0.558 bits per heavy atom. The molecule has 0 aliphatic heterocycles. The van der Waals surface area contributed by atoms with Crippen LogP contribution in [0, 0.1) is 0 Å². The Kier molecular flexibility index (Phi) is 31.2. The fourth-order valence-electron chi connectivity index (χ4n) is 5.41. The Balaban J connectivity index is 3.45. The van der Waals surface area contributed by atoms with Crippen LogP contribution in [0.3, 0.4) is 0 Å². The van der Waals surface area contributed by atoms with Crippen LogP contribution in [0.15, 0.2) is 0 Å². The number of quaternary nitrogens is 2. The van der Waals surface area contributed by atoms with Gasteiger partial charge >= 0.3 is 0 Å². The first-order chi connectivity index (χ1) is 20.8. The standard InChI is InChI=1S/C35H72N4O2S2/c1-6-7-8-9-10-11-12-13-14-15-16-17-18-19-20-21-22-30-39(4,5)31-24-26-35(41)37-28-33-43-42-32-27-36-34(40)25-23-29-38(2)3/h6-33H2,1-5H3,(H-,36,37,40,41)/p+2. The molecule has 0 heterocycles. The minimum Gasteiger partial charge on any atom is -0.355 e. The summed E-state index contributed by atoms with van der Waals surface area (Å²) in [7, 11) is 12.4. The van der Waals surface area contributed by atoms with E-state index in [1.54, 1.807) is 21.6 Å². The van der Waals surface area contributed by atoms with Crippen LogP contribution in [0.25, 0.3) is 0 Å². The third-order valence-corrected chi connectivity index (χ3v) is 10.6. The SMILES string of the molecule is CCCCCCCCCCCCCCCCCCC[N+](C)(C)CCCC(=O)NCCSSCCNC(=O)CCC[NH+](C)C.